The summed E-state index contributed by atoms with van der Waals surface area (Å²) in [6, 6.07) is 6.06. The van der Waals surface area contributed by atoms with Crippen LogP contribution in [0.3, 0.4) is 0 Å². The molecule has 10 heteroatoms. The summed E-state index contributed by atoms with van der Waals surface area (Å²) in [4.78, 5) is 31.9. The van der Waals surface area contributed by atoms with Gasteiger partial charge >= 0.3 is 0 Å². The highest BCUT2D eigenvalue weighted by atomic mass is 16.5. The van der Waals surface area contributed by atoms with Gasteiger partial charge in [-0.05, 0) is 37.8 Å². The summed E-state index contributed by atoms with van der Waals surface area (Å²) in [6.45, 7) is 1.81. The molecule has 0 spiro atoms. The van der Waals surface area contributed by atoms with E-state index in [1.54, 1.807) is 31.7 Å². The Balaban J connectivity index is 1.12. The minimum absolute atomic E-state index is 0.102. The van der Waals surface area contributed by atoms with Crippen LogP contribution in [-0.4, -0.2) is 70.3 Å². The number of nitrogens with one attached hydrogen (secondary N) is 2. The van der Waals surface area contributed by atoms with Crippen molar-refractivity contribution in [2.45, 2.75) is 56.5 Å². The summed E-state index contributed by atoms with van der Waals surface area (Å²) in [5.74, 6) is 1.05. The number of hydrogen-bond donors (Lipinski definition) is 2. The Morgan fingerprint density at radius 3 is 2.60 bits per heavy atom. The zero-order valence-corrected chi connectivity index (χ0v) is 19.7. The Hall–Kier alpha value is -3.53. The zero-order chi connectivity index (χ0) is 23.8. The smallest absolute Gasteiger partial charge is 0.269 e. The van der Waals surface area contributed by atoms with Gasteiger partial charge in [-0.1, -0.05) is 0 Å². The van der Waals surface area contributed by atoms with Crippen LogP contribution in [0.2, 0.25) is 0 Å². The molecule has 182 valence electrons. The molecule has 1 saturated carbocycles. The van der Waals surface area contributed by atoms with Gasteiger partial charge in [-0.3, -0.25) is 9.78 Å². The van der Waals surface area contributed by atoms with E-state index in [-0.39, 0.29) is 18.1 Å². The second kappa shape index (κ2) is 9.26. The third-order valence-electron chi connectivity index (χ3n) is 7.06. The van der Waals surface area contributed by atoms with Crippen LogP contribution in [0.15, 0.2) is 36.8 Å². The van der Waals surface area contributed by atoms with Crippen LogP contribution in [0.1, 0.15) is 42.6 Å². The minimum atomic E-state index is -0.223. The lowest BCUT2D eigenvalue weighted by Crippen LogP contribution is -2.57. The summed E-state index contributed by atoms with van der Waals surface area (Å²) >= 11 is 0. The number of nitrogens with zero attached hydrogens (tertiary/aromatic N) is 5. The maximum absolute atomic E-state index is 11.8. The van der Waals surface area contributed by atoms with Crippen LogP contribution in [0.5, 0.6) is 5.75 Å². The van der Waals surface area contributed by atoms with Crippen LogP contribution in [0.4, 0.5) is 11.6 Å². The first-order valence-electron chi connectivity index (χ1n) is 12.3. The Morgan fingerprint density at radius 2 is 1.83 bits per heavy atom. The van der Waals surface area contributed by atoms with Gasteiger partial charge in [-0.25, -0.2) is 15.0 Å². The molecular formula is C25H29N7O3. The third kappa shape index (κ3) is 4.58. The molecule has 2 atom stereocenters. The van der Waals surface area contributed by atoms with Gasteiger partial charge in [-0.15, -0.1) is 0 Å². The van der Waals surface area contributed by atoms with E-state index >= 15 is 0 Å². The number of aromatic nitrogens is 4. The van der Waals surface area contributed by atoms with Crippen molar-refractivity contribution in [3.05, 3.63) is 42.5 Å². The van der Waals surface area contributed by atoms with Gasteiger partial charge in [0.05, 0.1) is 23.8 Å². The Labute approximate surface area is 203 Å². The molecule has 10 nitrogen and oxygen atoms in total. The molecule has 4 fully saturated rings. The van der Waals surface area contributed by atoms with Crippen molar-refractivity contribution in [2.24, 2.45) is 0 Å². The highest BCUT2D eigenvalue weighted by molar-refractivity contribution is 5.92. The van der Waals surface area contributed by atoms with Crippen molar-refractivity contribution in [3.8, 4) is 5.75 Å². The summed E-state index contributed by atoms with van der Waals surface area (Å²) in [7, 11) is 1.59. The number of carbonyl (C=O) groups excluding carboxylic acids is 1. The Bertz CT molecular complexity index is 1210. The quantitative estimate of drug-likeness (QED) is 0.555. The van der Waals surface area contributed by atoms with E-state index in [0.717, 1.165) is 67.7 Å². The van der Waals surface area contributed by atoms with Crippen molar-refractivity contribution >= 4 is 28.6 Å². The lowest BCUT2D eigenvalue weighted by atomic mass is 9.93. The second-order valence-corrected chi connectivity index (χ2v) is 9.47. The Morgan fingerprint density at radius 1 is 1.06 bits per heavy atom. The Kier molecular flexibility index (Phi) is 5.81. The molecule has 5 heterocycles. The fraction of sp³-hybridized carbons (Fsp3) is 0.480. The van der Waals surface area contributed by atoms with Crippen molar-refractivity contribution < 1.29 is 14.3 Å². The zero-order valence-electron chi connectivity index (χ0n) is 19.7. The first kappa shape index (κ1) is 22.0. The summed E-state index contributed by atoms with van der Waals surface area (Å²) in [5.41, 5.74) is 3.12. The van der Waals surface area contributed by atoms with E-state index in [0.29, 0.717) is 23.9 Å². The van der Waals surface area contributed by atoms with Gasteiger partial charge in [0, 0.05) is 62.9 Å². The van der Waals surface area contributed by atoms with Crippen LogP contribution < -0.4 is 20.3 Å². The number of amides is 1. The molecule has 2 bridgehead atoms. The van der Waals surface area contributed by atoms with E-state index in [1.165, 1.54) is 0 Å². The topological polar surface area (TPSA) is 114 Å². The van der Waals surface area contributed by atoms with Crippen molar-refractivity contribution in [1.29, 1.82) is 0 Å². The highest BCUT2D eigenvalue weighted by Gasteiger charge is 2.38. The molecule has 2 N–H and O–H groups in total. The summed E-state index contributed by atoms with van der Waals surface area (Å²) in [6.07, 6.45) is 10.6. The molecule has 0 radical (unpaired) electrons. The lowest BCUT2D eigenvalue weighted by Gasteiger charge is -2.48. The van der Waals surface area contributed by atoms with E-state index < -0.39 is 0 Å². The van der Waals surface area contributed by atoms with E-state index in [1.807, 2.05) is 0 Å². The predicted molar refractivity (Wildman–Crippen MR) is 131 cm³/mol. The number of piperidine rings is 1. The standard InChI is InChI=1S/C25H29N7O3/c1-26-24(33)20-6-7-29-25(31-20)30-15-2-4-17(5-3-15)35-22-11-16(10-21-23(22)28-9-8-27-21)32-13-18-12-19(14-32)34-18/h6-11,15,17-19H,2-5,12-14H2,1H3,(H,26,33)(H,29,30,31). The number of ether oxygens (including phenoxy) is 2. The van der Waals surface area contributed by atoms with Crippen molar-refractivity contribution in [1.82, 2.24) is 25.3 Å². The number of morpholine rings is 1. The normalized spacial score (nSPS) is 25.6. The van der Waals surface area contributed by atoms with Crippen molar-refractivity contribution in [2.75, 3.05) is 30.4 Å². The molecule has 35 heavy (non-hydrogen) atoms. The number of benzene rings is 1. The first-order valence-corrected chi connectivity index (χ1v) is 12.3. The maximum atomic E-state index is 11.8. The van der Waals surface area contributed by atoms with Crippen LogP contribution in [0.25, 0.3) is 11.0 Å². The number of rotatable bonds is 6. The van der Waals surface area contributed by atoms with Gasteiger partial charge in [-0.2, -0.15) is 0 Å². The SMILES string of the molecule is CNC(=O)c1ccnc(NC2CCC(Oc3cc(N4CC5CC(C4)O5)cc4nccnc34)CC2)n1. The first-order chi connectivity index (χ1) is 17.1. The number of hydrogen-bond acceptors (Lipinski definition) is 9. The second-order valence-electron chi connectivity index (χ2n) is 9.47. The molecule has 2 aromatic heterocycles. The van der Waals surface area contributed by atoms with E-state index in [9.17, 15) is 4.79 Å². The van der Waals surface area contributed by atoms with Crippen LogP contribution >= 0.6 is 0 Å². The fourth-order valence-corrected chi connectivity index (χ4v) is 5.24. The van der Waals surface area contributed by atoms with Gasteiger partial charge in [0.15, 0.2) is 0 Å². The molecule has 1 amide bonds. The van der Waals surface area contributed by atoms with Gasteiger partial charge in [0.1, 0.15) is 17.0 Å². The predicted octanol–water partition coefficient (Wildman–Crippen LogP) is 2.56. The summed E-state index contributed by atoms with van der Waals surface area (Å²) < 4.78 is 12.3. The molecule has 3 aliphatic heterocycles. The van der Waals surface area contributed by atoms with Crippen LogP contribution in [0, 0.1) is 0 Å². The fourth-order valence-electron chi connectivity index (χ4n) is 5.24. The molecular weight excluding hydrogens is 446 g/mol. The molecule has 2 unspecified atom stereocenters. The number of anilines is 2. The van der Waals surface area contributed by atoms with Crippen molar-refractivity contribution in [3.63, 3.8) is 0 Å². The maximum Gasteiger partial charge on any atom is 0.269 e. The number of fused-ring (bicyclic) bond motifs is 3. The van der Waals surface area contributed by atoms with Crippen LogP contribution in [-0.2, 0) is 4.74 Å². The van der Waals surface area contributed by atoms with E-state index in [2.05, 4.69) is 47.6 Å². The molecule has 7 rings (SSSR count). The van der Waals surface area contributed by atoms with Gasteiger partial charge < -0.3 is 25.0 Å². The minimum Gasteiger partial charge on any atom is -0.488 e. The van der Waals surface area contributed by atoms with Gasteiger partial charge in [0.25, 0.3) is 5.91 Å². The van der Waals surface area contributed by atoms with E-state index in [4.69, 9.17) is 9.47 Å². The number of carbonyl (C=O) groups is 1. The molecule has 3 aromatic rings. The average Bonchev–Trinajstić information content (AvgIpc) is 2.89. The summed E-state index contributed by atoms with van der Waals surface area (Å²) in [5, 5.41) is 5.97. The largest absolute Gasteiger partial charge is 0.488 e. The molecule has 1 aromatic carbocycles. The average molecular weight is 476 g/mol. The lowest BCUT2D eigenvalue weighted by molar-refractivity contribution is -0.133. The monoisotopic (exact) mass is 475 g/mol. The highest BCUT2D eigenvalue weighted by Crippen LogP contribution is 2.36. The third-order valence-corrected chi connectivity index (χ3v) is 7.06. The molecule has 3 saturated heterocycles. The van der Waals surface area contributed by atoms with Gasteiger partial charge in [0.2, 0.25) is 5.95 Å². The molecule has 4 aliphatic rings. The molecule has 1 aliphatic carbocycles.